The maximum absolute atomic E-state index is 10.6. The van der Waals surface area contributed by atoms with Gasteiger partial charge in [-0.25, -0.2) is 4.52 Å². The van der Waals surface area contributed by atoms with E-state index in [1.165, 1.54) is 5.56 Å². The number of aromatic nitrogens is 2. The molecule has 1 aromatic carbocycles. The molecular formula is C17H14N2O2. The summed E-state index contributed by atoms with van der Waals surface area (Å²) in [5.74, 6) is 0.536. The monoisotopic (exact) mass is 278 g/mol. The predicted molar refractivity (Wildman–Crippen MR) is 80.2 cm³/mol. The molecule has 0 aliphatic carbocycles. The maximum atomic E-state index is 10.6. The standard InChI is InChI=1S/C17H14N2O2/c1-11-5-6-15-12(8-11)9-16(21-15)17(20)13-10-18-19-7-3-2-4-14(13)19/h2-10,17,20H,1H3. The molecular weight excluding hydrogens is 264 g/mol. The van der Waals surface area contributed by atoms with Gasteiger partial charge in [-0.3, -0.25) is 0 Å². The topological polar surface area (TPSA) is 50.7 Å². The van der Waals surface area contributed by atoms with E-state index in [2.05, 4.69) is 5.10 Å². The number of benzene rings is 1. The molecule has 3 aromatic heterocycles. The van der Waals surface area contributed by atoms with Gasteiger partial charge in [0.25, 0.3) is 0 Å². The molecule has 21 heavy (non-hydrogen) atoms. The van der Waals surface area contributed by atoms with Crippen LogP contribution in [-0.4, -0.2) is 14.7 Å². The smallest absolute Gasteiger partial charge is 0.140 e. The molecule has 0 amide bonds. The largest absolute Gasteiger partial charge is 0.458 e. The van der Waals surface area contributed by atoms with Crippen LogP contribution in [0.15, 0.2) is 59.3 Å². The normalized spacial score (nSPS) is 13.0. The van der Waals surface area contributed by atoms with Gasteiger partial charge in [-0.2, -0.15) is 5.10 Å². The molecule has 0 aliphatic heterocycles. The zero-order valence-corrected chi connectivity index (χ0v) is 11.5. The van der Waals surface area contributed by atoms with Crippen LogP contribution < -0.4 is 0 Å². The highest BCUT2D eigenvalue weighted by Crippen LogP contribution is 2.30. The van der Waals surface area contributed by atoms with Crippen molar-refractivity contribution in [3.63, 3.8) is 0 Å². The van der Waals surface area contributed by atoms with Gasteiger partial charge >= 0.3 is 0 Å². The molecule has 3 heterocycles. The minimum absolute atomic E-state index is 0.536. The fraction of sp³-hybridized carbons (Fsp3) is 0.118. The summed E-state index contributed by atoms with van der Waals surface area (Å²) in [6.07, 6.45) is 2.71. The lowest BCUT2D eigenvalue weighted by Crippen LogP contribution is -1.97. The van der Waals surface area contributed by atoms with Crippen molar-refractivity contribution in [2.75, 3.05) is 0 Å². The van der Waals surface area contributed by atoms with Crippen molar-refractivity contribution < 1.29 is 9.52 Å². The summed E-state index contributed by atoms with van der Waals surface area (Å²) in [6, 6.07) is 13.6. The second kappa shape index (κ2) is 4.46. The molecule has 104 valence electrons. The van der Waals surface area contributed by atoms with Gasteiger partial charge in [-0.1, -0.05) is 17.7 Å². The van der Waals surface area contributed by atoms with Crippen LogP contribution in [0.1, 0.15) is 23.0 Å². The van der Waals surface area contributed by atoms with E-state index in [4.69, 9.17) is 4.42 Å². The number of hydrogen-bond donors (Lipinski definition) is 1. The molecule has 4 heteroatoms. The van der Waals surface area contributed by atoms with Crippen molar-refractivity contribution in [3.05, 3.63) is 71.7 Å². The van der Waals surface area contributed by atoms with Crippen LogP contribution in [0, 0.1) is 6.92 Å². The quantitative estimate of drug-likeness (QED) is 0.611. The highest BCUT2D eigenvalue weighted by Gasteiger charge is 2.19. The summed E-state index contributed by atoms with van der Waals surface area (Å²) in [4.78, 5) is 0. The van der Waals surface area contributed by atoms with Crippen molar-refractivity contribution in [2.24, 2.45) is 0 Å². The zero-order valence-electron chi connectivity index (χ0n) is 11.5. The fourth-order valence-corrected chi connectivity index (χ4v) is 2.64. The molecule has 4 nitrogen and oxygen atoms in total. The van der Waals surface area contributed by atoms with Gasteiger partial charge in [0, 0.05) is 17.1 Å². The van der Waals surface area contributed by atoms with E-state index >= 15 is 0 Å². The molecule has 0 aliphatic rings. The van der Waals surface area contributed by atoms with Crippen molar-refractivity contribution in [3.8, 4) is 0 Å². The third-order valence-electron chi connectivity index (χ3n) is 3.71. The number of aliphatic hydroxyl groups excluding tert-OH is 1. The first kappa shape index (κ1) is 12.2. The lowest BCUT2D eigenvalue weighted by Gasteiger charge is -2.05. The average Bonchev–Trinajstić information content (AvgIpc) is 3.09. The molecule has 0 spiro atoms. The fourth-order valence-electron chi connectivity index (χ4n) is 2.64. The summed E-state index contributed by atoms with van der Waals surface area (Å²) >= 11 is 0. The Labute approximate surface area is 121 Å². The minimum Gasteiger partial charge on any atom is -0.458 e. The van der Waals surface area contributed by atoms with E-state index in [0.29, 0.717) is 5.76 Å². The van der Waals surface area contributed by atoms with Crippen LogP contribution in [0.2, 0.25) is 0 Å². The highest BCUT2D eigenvalue weighted by atomic mass is 16.4. The van der Waals surface area contributed by atoms with Crippen LogP contribution in [0.4, 0.5) is 0 Å². The number of fused-ring (bicyclic) bond motifs is 2. The molecule has 1 atom stereocenters. The number of nitrogens with zero attached hydrogens (tertiary/aromatic N) is 2. The van der Waals surface area contributed by atoms with Crippen molar-refractivity contribution in [1.82, 2.24) is 9.61 Å². The van der Waals surface area contributed by atoms with Gasteiger partial charge in [0.1, 0.15) is 17.4 Å². The highest BCUT2D eigenvalue weighted by molar-refractivity contribution is 5.79. The molecule has 4 rings (SSSR count). The first-order chi connectivity index (χ1) is 10.2. The molecule has 4 aromatic rings. The summed E-state index contributed by atoms with van der Waals surface area (Å²) in [6.45, 7) is 2.04. The number of hydrogen-bond acceptors (Lipinski definition) is 3. The predicted octanol–water partition coefficient (Wildman–Crippen LogP) is 3.47. The Hall–Kier alpha value is -2.59. The maximum Gasteiger partial charge on any atom is 0.140 e. The van der Waals surface area contributed by atoms with Gasteiger partial charge in [-0.05, 0) is 37.3 Å². The molecule has 0 bridgehead atoms. The van der Waals surface area contributed by atoms with E-state index in [0.717, 1.165) is 22.0 Å². The molecule has 0 saturated heterocycles. The SMILES string of the molecule is Cc1ccc2oc(C(O)c3cnn4ccccc34)cc2c1. The number of rotatable bonds is 2. The number of furan rings is 1. The van der Waals surface area contributed by atoms with Gasteiger partial charge in [-0.15, -0.1) is 0 Å². The van der Waals surface area contributed by atoms with Gasteiger partial charge in [0.2, 0.25) is 0 Å². The third-order valence-corrected chi connectivity index (χ3v) is 3.71. The Bertz CT molecular complexity index is 936. The summed E-state index contributed by atoms with van der Waals surface area (Å²) in [5.41, 5.74) is 3.57. The lowest BCUT2D eigenvalue weighted by atomic mass is 10.1. The van der Waals surface area contributed by atoms with Crippen LogP contribution in [-0.2, 0) is 0 Å². The van der Waals surface area contributed by atoms with Gasteiger partial charge in [0.15, 0.2) is 0 Å². The van der Waals surface area contributed by atoms with Crippen molar-refractivity contribution in [2.45, 2.75) is 13.0 Å². The second-order valence-corrected chi connectivity index (χ2v) is 5.22. The van der Waals surface area contributed by atoms with E-state index in [1.54, 1.807) is 10.7 Å². The molecule has 1 unspecified atom stereocenters. The zero-order chi connectivity index (χ0) is 14.4. The van der Waals surface area contributed by atoms with E-state index in [9.17, 15) is 5.11 Å². The molecule has 0 saturated carbocycles. The summed E-state index contributed by atoms with van der Waals surface area (Å²) in [7, 11) is 0. The van der Waals surface area contributed by atoms with Gasteiger partial charge < -0.3 is 9.52 Å². The molecule has 0 fully saturated rings. The van der Waals surface area contributed by atoms with Gasteiger partial charge in [0.05, 0.1) is 11.7 Å². The summed E-state index contributed by atoms with van der Waals surface area (Å²) < 4.78 is 7.51. The lowest BCUT2D eigenvalue weighted by molar-refractivity contribution is 0.193. The Morgan fingerprint density at radius 2 is 2.10 bits per heavy atom. The summed E-state index contributed by atoms with van der Waals surface area (Å²) in [5, 5.41) is 15.9. The van der Waals surface area contributed by atoms with E-state index in [-0.39, 0.29) is 0 Å². The van der Waals surface area contributed by atoms with E-state index < -0.39 is 6.10 Å². The first-order valence-electron chi connectivity index (χ1n) is 6.83. The molecule has 0 radical (unpaired) electrons. The Morgan fingerprint density at radius 1 is 1.19 bits per heavy atom. The van der Waals surface area contributed by atoms with E-state index in [1.807, 2.05) is 55.6 Å². The second-order valence-electron chi connectivity index (χ2n) is 5.22. The third kappa shape index (κ3) is 1.92. The van der Waals surface area contributed by atoms with Crippen LogP contribution >= 0.6 is 0 Å². The van der Waals surface area contributed by atoms with Crippen molar-refractivity contribution in [1.29, 1.82) is 0 Å². The Morgan fingerprint density at radius 3 is 3.00 bits per heavy atom. The van der Waals surface area contributed by atoms with Crippen molar-refractivity contribution >= 4 is 16.5 Å². The number of pyridine rings is 1. The first-order valence-corrected chi connectivity index (χ1v) is 6.83. The van der Waals surface area contributed by atoms with Crippen LogP contribution in [0.3, 0.4) is 0 Å². The average molecular weight is 278 g/mol. The number of aliphatic hydroxyl groups is 1. The van der Waals surface area contributed by atoms with Crippen LogP contribution in [0.5, 0.6) is 0 Å². The molecule has 1 N–H and O–H groups in total. The number of aryl methyl sites for hydroxylation is 1. The Balaban J connectivity index is 1.83. The van der Waals surface area contributed by atoms with Crippen LogP contribution in [0.25, 0.3) is 16.5 Å². The Kier molecular flexibility index (Phi) is 2.59. The minimum atomic E-state index is -0.822.